The standard InChI is InChI=1S/C11H16O5/c1-15-9(13)6-11(10(14)16-2)5-3-4-8(11)7-12/h7-8H,3-6H2,1-2H3. The number of rotatable bonds is 4. The summed E-state index contributed by atoms with van der Waals surface area (Å²) in [5.41, 5.74) is -1.01. The van der Waals surface area contributed by atoms with Crippen LogP contribution in [0.2, 0.25) is 0 Å². The van der Waals surface area contributed by atoms with Crippen molar-refractivity contribution in [2.24, 2.45) is 11.3 Å². The summed E-state index contributed by atoms with van der Waals surface area (Å²) in [6.07, 6.45) is 2.52. The Bertz CT molecular complexity index is 299. The van der Waals surface area contributed by atoms with Gasteiger partial charge in [-0.2, -0.15) is 0 Å². The van der Waals surface area contributed by atoms with Crippen molar-refractivity contribution in [2.45, 2.75) is 25.7 Å². The third-order valence-corrected chi connectivity index (χ3v) is 3.29. The molecule has 1 aliphatic rings. The van der Waals surface area contributed by atoms with Gasteiger partial charge in [0.1, 0.15) is 6.29 Å². The molecular weight excluding hydrogens is 212 g/mol. The molecular formula is C11H16O5. The van der Waals surface area contributed by atoms with E-state index in [-0.39, 0.29) is 6.42 Å². The lowest BCUT2D eigenvalue weighted by Gasteiger charge is -2.28. The second-order valence-electron chi connectivity index (χ2n) is 4.04. The summed E-state index contributed by atoms with van der Waals surface area (Å²) in [5.74, 6) is -1.43. The molecule has 0 bridgehead atoms. The fourth-order valence-corrected chi connectivity index (χ4v) is 2.38. The van der Waals surface area contributed by atoms with Crippen LogP contribution in [0.3, 0.4) is 0 Å². The summed E-state index contributed by atoms with van der Waals surface area (Å²) < 4.78 is 9.27. The molecule has 0 aromatic carbocycles. The van der Waals surface area contributed by atoms with Crippen LogP contribution in [-0.2, 0) is 23.9 Å². The largest absolute Gasteiger partial charge is 0.469 e. The molecule has 2 atom stereocenters. The molecule has 90 valence electrons. The monoisotopic (exact) mass is 228 g/mol. The van der Waals surface area contributed by atoms with Crippen molar-refractivity contribution in [2.75, 3.05) is 14.2 Å². The number of hydrogen-bond acceptors (Lipinski definition) is 5. The zero-order valence-electron chi connectivity index (χ0n) is 9.52. The van der Waals surface area contributed by atoms with Crippen LogP contribution >= 0.6 is 0 Å². The van der Waals surface area contributed by atoms with Gasteiger partial charge in [0, 0.05) is 5.92 Å². The first kappa shape index (κ1) is 12.7. The van der Waals surface area contributed by atoms with Crippen LogP contribution in [0.15, 0.2) is 0 Å². The van der Waals surface area contributed by atoms with Crippen LogP contribution in [0.4, 0.5) is 0 Å². The summed E-state index contributed by atoms with van der Waals surface area (Å²) in [5, 5.41) is 0. The SMILES string of the molecule is COC(=O)CC1(C(=O)OC)CCCC1C=O. The van der Waals surface area contributed by atoms with E-state index < -0.39 is 23.3 Å². The maximum absolute atomic E-state index is 11.8. The Kier molecular flexibility index (Phi) is 4.04. The van der Waals surface area contributed by atoms with Crippen LogP contribution in [0.25, 0.3) is 0 Å². The molecule has 5 nitrogen and oxygen atoms in total. The van der Waals surface area contributed by atoms with Gasteiger partial charge in [-0.25, -0.2) is 0 Å². The van der Waals surface area contributed by atoms with E-state index in [2.05, 4.69) is 4.74 Å². The van der Waals surface area contributed by atoms with Crippen molar-refractivity contribution < 1.29 is 23.9 Å². The summed E-state index contributed by atoms with van der Waals surface area (Å²) in [7, 11) is 2.53. The molecule has 2 unspecified atom stereocenters. The first-order valence-corrected chi connectivity index (χ1v) is 5.21. The van der Waals surface area contributed by atoms with E-state index >= 15 is 0 Å². The molecule has 1 rings (SSSR count). The number of ether oxygens (including phenoxy) is 2. The number of carbonyl (C=O) groups excluding carboxylic acids is 3. The molecule has 0 spiro atoms. The molecule has 0 radical (unpaired) electrons. The van der Waals surface area contributed by atoms with Gasteiger partial charge in [0.25, 0.3) is 0 Å². The third kappa shape index (κ3) is 2.08. The predicted molar refractivity (Wildman–Crippen MR) is 54.5 cm³/mol. The fourth-order valence-electron chi connectivity index (χ4n) is 2.38. The van der Waals surface area contributed by atoms with Crippen molar-refractivity contribution in [3.63, 3.8) is 0 Å². The maximum atomic E-state index is 11.8. The molecule has 0 N–H and O–H groups in total. The molecule has 1 aliphatic carbocycles. The summed E-state index contributed by atoms with van der Waals surface area (Å²) in [6, 6.07) is 0. The van der Waals surface area contributed by atoms with E-state index in [9.17, 15) is 14.4 Å². The Labute approximate surface area is 94.1 Å². The van der Waals surface area contributed by atoms with Gasteiger partial charge in [-0.05, 0) is 12.8 Å². The summed E-state index contributed by atoms with van der Waals surface area (Å²) in [4.78, 5) is 34.0. The fraction of sp³-hybridized carbons (Fsp3) is 0.727. The Hall–Kier alpha value is -1.39. The van der Waals surface area contributed by atoms with Crippen molar-refractivity contribution >= 4 is 18.2 Å². The predicted octanol–water partition coefficient (Wildman–Crippen LogP) is 0.708. The van der Waals surface area contributed by atoms with Crippen LogP contribution in [0, 0.1) is 11.3 Å². The number of carbonyl (C=O) groups is 3. The molecule has 5 heteroatoms. The van der Waals surface area contributed by atoms with E-state index in [4.69, 9.17) is 4.74 Å². The number of aldehydes is 1. The first-order chi connectivity index (χ1) is 7.60. The molecule has 1 fully saturated rings. The summed E-state index contributed by atoms with van der Waals surface area (Å²) >= 11 is 0. The van der Waals surface area contributed by atoms with Gasteiger partial charge < -0.3 is 14.3 Å². The van der Waals surface area contributed by atoms with Crippen molar-refractivity contribution in [1.82, 2.24) is 0 Å². The molecule has 0 saturated heterocycles. The Balaban J connectivity index is 2.96. The van der Waals surface area contributed by atoms with Gasteiger partial charge in [0.2, 0.25) is 0 Å². The number of esters is 2. The number of methoxy groups -OCH3 is 2. The van der Waals surface area contributed by atoms with E-state index in [0.717, 1.165) is 12.7 Å². The van der Waals surface area contributed by atoms with Crippen molar-refractivity contribution in [3.05, 3.63) is 0 Å². The van der Waals surface area contributed by atoms with E-state index in [1.165, 1.54) is 14.2 Å². The lowest BCUT2D eigenvalue weighted by atomic mass is 9.75. The normalized spacial score (nSPS) is 28.5. The highest BCUT2D eigenvalue weighted by atomic mass is 16.5. The van der Waals surface area contributed by atoms with Crippen LogP contribution in [0.1, 0.15) is 25.7 Å². The van der Waals surface area contributed by atoms with E-state index in [1.54, 1.807) is 0 Å². The molecule has 0 aromatic heterocycles. The quantitative estimate of drug-likeness (QED) is 0.523. The molecule has 0 aromatic rings. The lowest BCUT2D eigenvalue weighted by molar-refractivity contribution is -0.162. The number of hydrogen-bond donors (Lipinski definition) is 0. The minimum Gasteiger partial charge on any atom is -0.469 e. The Morgan fingerprint density at radius 3 is 2.56 bits per heavy atom. The topological polar surface area (TPSA) is 69.7 Å². The van der Waals surface area contributed by atoms with Gasteiger partial charge in [-0.3, -0.25) is 9.59 Å². The second-order valence-corrected chi connectivity index (χ2v) is 4.04. The minimum atomic E-state index is -1.01. The van der Waals surface area contributed by atoms with Crippen LogP contribution < -0.4 is 0 Å². The van der Waals surface area contributed by atoms with Crippen molar-refractivity contribution in [3.8, 4) is 0 Å². The van der Waals surface area contributed by atoms with E-state index in [1.807, 2.05) is 0 Å². The van der Waals surface area contributed by atoms with E-state index in [0.29, 0.717) is 12.8 Å². The first-order valence-electron chi connectivity index (χ1n) is 5.21. The van der Waals surface area contributed by atoms with Crippen molar-refractivity contribution in [1.29, 1.82) is 0 Å². The average Bonchev–Trinajstić information content (AvgIpc) is 2.71. The van der Waals surface area contributed by atoms with Crippen LogP contribution in [0.5, 0.6) is 0 Å². The minimum absolute atomic E-state index is 0.0837. The highest BCUT2D eigenvalue weighted by Gasteiger charge is 2.51. The third-order valence-electron chi connectivity index (χ3n) is 3.29. The zero-order valence-corrected chi connectivity index (χ0v) is 9.52. The smallest absolute Gasteiger partial charge is 0.313 e. The lowest BCUT2D eigenvalue weighted by Crippen LogP contribution is -2.39. The maximum Gasteiger partial charge on any atom is 0.313 e. The van der Waals surface area contributed by atoms with Gasteiger partial charge >= 0.3 is 11.9 Å². The molecule has 0 heterocycles. The molecule has 16 heavy (non-hydrogen) atoms. The van der Waals surface area contributed by atoms with Gasteiger partial charge in [0.15, 0.2) is 0 Å². The molecule has 0 amide bonds. The molecule has 0 aliphatic heterocycles. The van der Waals surface area contributed by atoms with Gasteiger partial charge in [-0.1, -0.05) is 6.42 Å². The highest BCUT2D eigenvalue weighted by Crippen LogP contribution is 2.46. The van der Waals surface area contributed by atoms with Crippen LogP contribution in [-0.4, -0.2) is 32.4 Å². The van der Waals surface area contributed by atoms with Gasteiger partial charge in [0.05, 0.1) is 26.1 Å². The van der Waals surface area contributed by atoms with Gasteiger partial charge in [-0.15, -0.1) is 0 Å². The Morgan fingerprint density at radius 1 is 1.38 bits per heavy atom. The average molecular weight is 228 g/mol. The molecule has 1 saturated carbocycles. The second kappa shape index (κ2) is 5.09. The summed E-state index contributed by atoms with van der Waals surface area (Å²) in [6.45, 7) is 0. The highest BCUT2D eigenvalue weighted by molar-refractivity contribution is 5.87. The Morgan fingerprint density at radius 2 is 2.06 bits per heavy atom. The zero-order chi connectivity index (χ0) is 12.2.